The van der Waals surface area contributed by atoms with Crippen molar-refractivity contribution in [2.24, 2.45) is 0 Å². The van der Waals surface area contributed by atoms with Gasteiger partial charge >= 0.3 is 0 Å². The Morgan fingerprint density at radius 1 is 1.24 bits per heavy atom. The highest BCUT2D eigenvalue weighted by Gasteiger charge is 2.32. The maximum atomic E-state index is 12.7. The van der Waals surface area contributed by atoms with E-state index in [0.717, 1.165) is 10.0 Å². The summed E-state index contributed by atoms with van der Waals surface area (Å²) in [6.07, 6.45) is 1.91. The van der Waals surface area contributed by atoms with Crippen LogP contribution in [-0.2, 0) is 9.59 Å². The molecule has 2 aromatic rings. The van der Waals surface area contributed by atoms with Gasteiger partial charge in [-0.3, -0.25) is 14.5 Å². The number of hydrogen-bond acceptors (Lipinski definition) is 6. The number of hydrogen-bond donors (Lipinski definition) is 1. The van der Waals surface area contributed by atoms with Gasteiger partial charge in [0.25, 0.3) is 5.91 Å². The minimum absolute atomic E-state index is 0.144. The summed E-state index contributed by atoms with van der Waals surface area (Å²) >= 11 is 9.95. The molecule has 2 heterocycles. The Bertz CT molecular complexity index is 1040. The number of anilines is 1. The van der Waals surface area contributed by atoms with E-state index in [1.54, 1.807) is 18.2 Å². The number of nitrogens with one attached hydrogen (secondary N) is 1. The van der Waals surface area contributed by atoms with Gasteiger partial charge < -0.3 is 14.8 Å². The van der Waals surface area contributed by atoms with Gasteiger partial charge in [0, 0.05) is 17.4 Å². The van der Waals surface area contributed by atoms with E-state index in [2.05, 4.69) is 21.2 Å². The molecule has 0 atom stereocenters. The van der Waals surface area contributed by atoms with Crippen LogP contribution in [0.1, 0.15) is 12.0 Å². The second-order valence-electron chi connectivity index (χ2n) is 6.22. The lowest BCUT2D eigenvalue weighted by Crippen LogP contribution is -2.31. The number of carbonyl (C=O) groups is 2. The molecule has 0 saturated carbocycles. The lowest BCUT2D eigenvalue weighted by Gasteiger charge is -2.14. The van der Waals surface area contributed by atoms with Gasteiger partial charge in [-0.1, -0.05) is 42.2 Å². The number of fused-ring (bicyclic) bond motifs is 1. The summed E-state index contributed by atoms with van der Waals surface area (Å²) < 4.78 is 11.9. The van der Waals surface area contributed by atoms with Gasteiger partial charge in [0.2, 0.25) is 12.7 Å². The van der Waals surface area contributed by atoms with Gasteiger partial charge in [-0.25, -0.2) is 0 Å². The zero-order valence-electron chi connectivity index (χ0n) is 15.0. The first-order valence-corrected chi connectivity index (χ1v) is 10.7. The van der Waals surface area contributed by atoms with Gasteiger partial charge in [0.1, 0.15) is 4.32 Å². The summed E-state index contributed by atoms with van der Waals surface area (Å²) in [5.41, 5.74) is 1.51. The Balaban J connectivity index is 1.39. The molecule has 0 radical (unpaired) electrons. The molecule has 29 heavy (non-hydrogen) atoms. The number of nitrogens with zero attached hydrogens (tertiary/aromatic N) is 1. The van der Waals surface area contributed by atoms with Gasteiger partial charge in [-0.05, 0) is 51.8 Å². The first kappa shape index (κ1) is 19.9. The Kier molecular flexibility index (Phi) is 5.89. The summed E-state index contributed by atoms with van der Waals surface area (Å²) in [6, 6.07) is 12.8. The molecule has 148 valence electrons. The molecule has 0 spiro atoms. The minimum Gasteiger partial charge on any atom is -0.454 e. The van der Waals surface area contributed by atoms with E-state index >= 15 is 0 Å². The van der Waals surface area contributed by atoms with Crippen molar-refractivity contribution in [1.29, 1.82) is 0 Å². The second kappa shape index (κ2) is 8.56. The summed E-state index contributed by atoms with van der Waals surface area (Å²) in [5.74, 6) is 0.945. The Morgan fingerprint density at radius 2 is 2.03 bits per heavy atom. The Hall–Kier alpha value is -2.36. The van der Waals surface area contributed by atoms with Crippen LogP contribution in [0.15, 0.2) is 51.8 Å². The molecule has 1 fully saturated rings. The lowest BCUT2D eigenvalue weighted by molar-refractivity contribution is -0.122. The smallest absolute Gasteiger partial charge is 0.266 e. The van der Waals surface area contributed by atoms with Crippen LogP contribution < -0.4 is 14.8 Å². The molecule has 0 aliphatic carbocycles. The average molecular weight is 491 g/mol. The molecule has 2 aromatic carbocycles. The van der Waals surface area contributed by atoms with Crippen molar-refractivity contribution in [1.82, 2.24) is 4.90 Å². The maximum Gasteiger partial charge on any atom is 0.266 e. The number of ether oxygens (including phenoxy) is 2. The molecule has 0 unspecified atom stereocenters. The third kappa shape index (κ3) is 4.47. The van der Waals surface area contributed by atoms with Crippen molar-refractivity contribution in [3.8, 4) is 11.5 Å². The number of halogens is 1. The van der Waals surface area contributed by atoms with Crippen molar-refractivity contribution in [3.63, 3.8) is 0 Å². The number of amides is 2. The van der Waals surface area contributed by atoms with Crippen LogP contribution in [0.4, 0.5) is 5.69 Å². The number of para-hydroxylation sites is 1. The van der Waals surface area contributed by atoms with E-state index in [-0.39, 0.29) is 31.6 Å². The number of benzene rings is 2. The van der Waals surface area contributed by atoms with Crippen LogP contribution in [0, 0.1) is 0 Å². The van der Waals surface area contributed by atoms with Crippen molar-refractivity contribution < 1.29 is 19.1 Å². The van der Waals surface area contributed by atoms with Gasteiger partial charge in [-0.2, -0.15) is 0 Å². The molecular weight excluding hydrogens is 476 g/mol. The van der Waals surface area contributed by atoms with E-state index in [1.165, 1.54) is 16.7 Å². The van der Waals surface area contributed by atoms with Crippen molar-refractivity contribution in [3.05, 3.63) is 57.4 Å². The topological polar surface area (TPSA) is 67.9 Å². The van der Waals surface area contributed by atoms with Crippen molar-refractivity contribution in [2.75, 3.05) is 18.7 Å². The van der Waals surface area contributed by atoms with Crippen molar-refractivity contribution >= 4 is 67.8 Å². The van der Waals surface area contributed by atoms with Crippen LogP contribution in [-0.4, -0.2) is 34.4 Å². The fraction of sp³-hybridized carbons (Fsp3) is 0.150. The zero-order valence-corrected chi connectivity index (χ0v) is 18.2. The fourth-order valence-electron chi connectivity index (χ4n) is 2.84. The molecule has 6 nitrogen and oxygen atoms in total. The first-order valence-electron chi connectivity index (χ1n) is 8.70. The van der Waals surface area contributed by atoms with Gasteiger partial charge in [0.15, 0.2) is 11.5 Å². The summed E-state index contributed by atoms with van der Waals surface area (Å²) in [7, 11) is 0. The van der Waals surface area contributed by atoms with E-state index in [4.69, 9.17) is 21.7 Å². The third-order valence-electron chi connectivity index (χ3n) is 4.28. The van der Waals surface area contributed by atoms with Crippen LogP contribution in [0.2, 0.25) is 0 Å². The molecule has 1 saturated heterocycles. The zero-order chi connectivity index (χ0) is 20.4. The number of rotatable bonds is 5. The summed E-state index contributed by atoms with van der Waals surface area (Å²) in [4.78, 5) is 27.0. The normalized spacial score (nSPS) is 16.6. The van der Waals surface area contributed by atoms with E-state index in [1.807, 2.05) is 30.3 Å². The van der Waals surface area contributed by atoms with E-state index < -0.39 is 0 Å². The average Bonchev–Trinajstić information content (AvgIpc) is 3.26. The summed E-state index contributed by atoms with van der Waals surface area (Å²) in [6.45, 7) is 0.419. The Morgan fingerprint density at radius 3 is 2.86 bits per heavy atom. The molecule has 1 N–H and O–H groups in total. The monoisotopic (exact) mass is 490 g/mol. The standard InChI is InChI=1S/C20H15BrN2O4S2/c21-13-3-1-2-4-14(13)22-18(24)7-8-23-19(25)17(29-20(23)28)10-12-5-6-15-16(9-12)27-11-26-15/h1-6,9-10H,7-8,11H2,(H,22,24). The van der Waals surface area contributed by atoms with Crippen LogP contribution in [0.5, 0.6) is 11.5 Å². The molecule has 2 aliphatic heterocycles. The predicted octanol–water partition coefficient (Wildman–Crippen LogP) is 4.41. The van der Waals surface area contributed by atoms with E-state index in [0.29, 0.717) is 26.4 Å². The van der Waals surface area contributed by atoms with E-state index in [9.17, 15) is 9.59 Å². The van der Waals surface area contributed by atoms with Crippen molar-refractivity contribution in [2.45, 2.75) is 6.42 Å². The van der Waals surface area contributed by atoms with Crippen LogP contribution in [0.3, 0.4) is 0 Å². The molecular formula is C20H15BrN2O4S2. The predicted molar refractivity (Wildman–Crippen MR) is 120 cm³/mol. The molecule has 4 rings (SSSR count). The quantitative estimate of drug-likeness (QED) is 0.494. The SMILES string of the molecule is O=C(CCN1C(=O)C(=Cc2ccc3c(c2)OCO3)SC1=S)Nc1ccccc1Br. The van der Waals surface area contributed by atoms with Crippen LogP contribution in [0.25, 0.3) is 6.08 Å². The lowest BCUT2D eigenvalue weighted by atomic mass is 10.2. The van der Waals surface area contributed by atoms with Gasteiger partial charge in [0.05, 0.1) is 10.6 Å². The maximum absolute atomic E-state index is 12.7. The summed E-state index contributed by atoms with van der Waals surface area (Å²) in [5, 5.41) is 2.82. The number of carbonyl (C=O) groups excluding carboxylic acids is 2. The fourth-order valence-corrected chi connectivity index (χ4v) is 4.53. The molecule has 0 bridgehead atoms. The molecule has 9 heteroatoms. The van der Waals surface area contributed by atoms with Gasteiger partial charge in [-0.15, -0.1) is 0 Å². The first-order chi connectivity index (χ1) is 14.0. The number of thiocarbonyl (C=S) groups is 1. The molecule has 0 aromatic heterocycles. The minimum atomic E-state index is -0.202. The molecule has 2 aliphatic rings. The Labute approximate surface area is 185 Å². The largest absolute Gasteiger partial charge is 0.454 e. The van der Waals surface area contributed by atoms with Crippen LogP contribution >= 0.6 is 39.9 Å². The highest BCUT2D eigenvalue weighted by molar-refractivity contribution is 9.10. The molecule has 2 amide bonds. The number of thioether (sulfide) groups is 1. The third-order valence-corrected chi connectivity index (χ3v) is 6.35. The highest BCUT2D eigenvalue weighted by Crippen LogP contribution is 2.36. The highest BCUT2D eigenvalue weighted by atomic mass is 79.9. The second-order valence-corrected chi connectivity index (χ2v) is 8.75.